The van der Waals surface area contributed by atoms with Crippen LogP contribution < -0.4 is 0 Å². The van der Waals surface area contributed by atoms with E-state index in [1.807, 2.05) is 30.3 Å². The van der Waals surface area contributed by atoms with E-state index in [-0.39, 0.29) is 12.9 Å². The van der Waals surface area contributed by atoms with E-state index >= 15 is 0 Å². The zero-order valence-corrected chi connectivity index (χ0v) is 11.1. The first-order valence-electron chi connectivity index (χ1n) is 6.81. The Hall–Kier alpha value is -1.23. The summed E-state index contributed by atoms with van der Waals surface area (Å²) >= 11 is 0. The summed E-state index contributed by atoms with van der Waals surface area (Å²) in [5.41, 5.74) is 1.03. The Bertz CT molecular complexity index is 374. The van der Waals surface area contributed by atoms with Crippen LogP contribution in [0.15, 0.2) is 35.3 Å². The molecular weight excluding hydrogens is 242 g/mol. The van der Waals surface area contributed by atoms with Crippen LogP contribution in [0.25, 0.3) is 0 Å². The van der Waals surface area contributed by atoms with Gasteiger partial charge < -0.3 is 14.6 Å². The number of benzene rings is 1. The molecule has 0 spiro atoms. The molecule has 0 aromatic heterocycles. The molecule has 1 aromatic carbocycles. The summed E-state index contributed by atoms with van der Waals surface area (Å²) in [5, 5.41) is 9.76. The second-order valence-electron chi connectivity index (χ2n) is 4.69. The molecule has 2 rings (SSSR count). The minimum atomic E-state index is -0.578. The number of aliphatic hydroxyl groups excluding tert-OH is 1. The third-order valence-corrected chi connectivity index (χ3v) is 2.97. The monoisotopic (exact) mass is 263 g/mol. The van der Waals surface area contributed by atoms with Crippen molar-refractivity contribution in [2.24, 2.45) is 4.99 Å². The maximum absolute atomic E-state index is 9.76. The molecule has 0 saturated carbocycles. The van der Waals surface area contributed by atoms with Crippen LogP contribution in [0, 0.1) is 0 Å². The van der Waals surface area contributed by atoms with Crippen molar-refractivity contribution in [1.82, 2.24) is 0 Å². The summed E-state index contributed by atoms with van der Waals surface area (Å²) < 4.78 is 10.9. The minimum absolute atomic E-state index is 0.151. The minimum Gasteiger partial charge on any atom is -0.389 e. The van der Waals surface area contributed by atoms with E-state index in [1.54, 1.807) is 6.21 Å². The molecule has 1 heterocycles. The lowest BCUT2D eigenvalue weighted by molar-refractivity contribution is -0.174. The highest BCUT2D eigenvalue weighted by Crippen LogP contribution is 2.13. The van der Waals surface area contributed by atoms with Crippen LogP contribution in [0.4, 0.5) is 0 Å². The van der Waals surface area contributed by atoms with E-state index in [2.05, 4.69) is 4.99 Å². The van der Waals surface area contributed by atoms with Crippen molar-refractivity contribution >= 4 is 6.21 Å². The molecule has 0 bridgehead atoms. The van der Waals surface area contributed by atoms with Gasteiger partial charge in [-0.1, -0.05) is 30.3 Å². The second-order valence-corrected chi connectivity index (χ2v) is 4.69. The number of rotatable bonds is 6. The number of aliphatic hydroxyl groups is 1. The Morgan fingerprint density at radius 2 is 2.21 bits per heavy atom. The molecule has 0 radical (unpaired) electrons. The molecule has 1 saturated heterocycles. The Balaban J connectivity index is 1.64. The van der Waals surface area contributed by atoms with Crippen molar-refractivity contribution in [2.45, 2.75) is 31.7 Å². The smallest absolute Gasteiger partial charge is 0.157 e. The Labute approximate surface area is 114 Å². The van der Waals surface area contributed by atoms with Crippen LogP contribution in [-0.4, -0.2) is 43.5 Å². The van der Waals surface area contributed by atoms with Crippen molar-refractivity contribution in [3.05, 3.63) is 35.9 Å². The maximum atomic E-state index is 9.76. The highest BCUT2D eigenvalue weighted by molar-refractivity contribution is 5.79. The molecule has 4 nitrogen and oxygen atoms in total. The Morgan fingerprint density at radius 1 is 1.37 bits per heavy atom. The van der Waals surface area contributed by atoms with Crippen molar-refractivity contribution in [3.8, 4) is 0 Å². The summed E-state index contributed by atoms with van der Waals surface area (Å²) in [5.74, 6) is 0. The first kappa shape index (κ1) is 14.2. The Morgan fingerprint density at radius 3 is 2.95 bits per heavy atom. The van der Waals surface area contributed by atoms with Gasteiger partial charge in [0, 0.05) is 12.8 Å². The fourth-order valence-electron chi connectivity index (χ4n) is 1.93. The predicted molar refractivity (Wildman–Crippen MR) is 74.5 cm³/mol. The molecule has 1 aliphatic rings. The number of hydrogen-bond donors (Lipinski definition) is 1. The summed E-state index contributed by atoms with van der Waals surface area (Å²) in [6, 6.07) is 9.83. The highest BCUT2D eigenvalue weighted by atomic mass is 16.7. The van der Waals surface area contributed by atoms with Crippen LogP contribution in [0.1, 0.15) is 24.8 Å². The summed E-state index contributed by atoms with van der Waals surface area (Å²) in [4.78, 5) is 4.21. The van der Waals surface area contributed by atoms with Gasteiger partial charge in [0.2, 0.25) is 0 Å². The lowest BCUT2D eigenvalue weighted by atomic mass is 10.2. The van der Waals surface area contributed by atoms with Crippen molar-refractivity contribution in [2.75, 3.05) is 19.8 Å². The van der Waals surface area contributed by atoms with Crippen molar-refractivity contribution in [3.63, 3.8) is 0 Å². The fourth-order valence-corrected chi connectivity index (χ4v) is 1.93. The van der Waals surface area contributed by atoms with Gasteiger partial charge in [0.25, 0.3) is 0 Å². The molecule has 1 N–H and O–H groups in total. The fraction of sp³-hybridized carbons (Fsp3) is 0.533. The van der Waals surface area contributed by atoms with Crippen LogP contribution in [-0.2, 0) is 9.47 Å². The standard InChI is InChI=1S/C15H21NO3/c17-14(12-19-15-8-4-5-9-18-15)11-16-10-13-6-2-1-3-7-13/h1-3,6-7,10,14-15,17H,4-5,8-9,11-12H2/b16-10+. The van der Waals surface area contributed by atoms with Gasteiger partial charge in [-0.3, -0.25) is 4.99 Å². The SMILES string of the molecule is OC(C/N=C/c1ccccc1)COC1CCCCO1. The third kappa shape index (κ3) is 5.51. The van der Waals surface area contributed by atoms with E-state index in [0.717, 1.165) is 31.4 Å². The Kier molecular flexibility index (Phi) is 6.01. The number of ether oxygens (including phenoxy) is 2. The number of hydrogen-bond acceptors (Lipinski definition) is 4. The average molecular weight is 263 g/mol. The molecule has 1 aromatic rings. The van der Waals surface area contributed by atoms with E-state index in [0.29, 0.717) is 6.54 Å². The molecule has 19 heavy (non-hydrogen) atoms. The van der Waals surface area contributed by atoms with Gasteiger partial charge >= 0.3 is 0 Å². The zero-order valence-electron chi connectivity index (χ0n) is 11.1. The normalized spacial score (nSPS) is 21.6. The van der Waals surface area contributed by atoms with Gasteiger partial charge in [0.15, 0.2) is 6.29 Å². The number of aliphatic imine (C=N–C) groups is 1. The third-order valence-electron chi connectivity index (χ3n) is 2.97. The van der Waals surface area contributed by atoms with Crippen LogP contribution >= 0.6 is 0 Å². The van der Waals surface area contributed by atoms with Crippen molar-refractivity contribution < 1.29 is 14.6 Å². The topological polar surface area (TPSA) is 51.1 Å². The zero-order chi connectivity index (χ0) is 13.3. The number of nitrogens with zero attached hydrogens (tertiary/aromatic N) is 1. The largest absolute Gasteiger partial charge is 0.389 e. The van der Waals surface area contributed by atoms with Gasteiger partial charge in [-0.2, -0.15) is 0 Å². The molecule has 0 aliphatic carbocycles. The van der Waals surface area contributed by atoms with Gasteiger partial charge in [-0.05, 0) is 24.8 Å². The van der Waals surface area contributed by atoms with Crippen molar-refractivity contribution in [1.29, 1.82) is 0 Å². The van der Waals surface area contributed by atoms with Crippen LogP contribution in [0.3, 0.4) is 0 Å². The summed E-state index contributed by atoms with van der Waals surface area (Å²) in [7, 11) is 0. The lowest BCUT2D eigenvalue weighted by Gasteiger charge is -2.23. The molecule has 2 unspecified atom stereocenters. The van der Waals surface area contributed by atoms with E-state index in [1.165, 1.54) is 0 Å². The summed E-state index contributed by atoms with van der Waals surface area (Å²) in [6.07, 6.45) is 4.18. The lowest BCUT2D eigenvalue weighted by Crippen LogP contribution is -2.28. The van der Waals surface area contributed by atoms with E-state index in [4.69, 9.17) is 9.47 Å². The predicted octanol–water partition coefficient (Wildman–Crippen LogP) is 2.01. The molecule has 2 atom stereocenters. The first-order valence-corrected chi connectivity index (χ1v) is 6.81. The van der Waals surface area contributed by atoms with E-state index in [9.17, 15) is 5.11 Å². The van der Waals surface area contributed by atoms with Gasteiger partial charge in [-0.25, -0.2) is 0 Å². The molecule has 0 amide bonds. The maximum Gasteiger partial charge on any atom is 0.157 e. The van der Waals surface area contributed by atoms with Gasteiger partial charge in [0.1, 0.15) is 0 Å². The molecule has 4 heteroatoms. The quantitative estimate of drug-likeness (QED) is 0.799. The summed E-state index contributed by atoms with van der Waals surface area (Å²) in [6.45, 7) is 1.38. The van der Waals surface area contributed by atoms with Gasteiger partial charge in [-0.15, -0.1) is 0 Å². The van der Waals surface area contributed by atoms with Crippen LogP contribution in [0.5, 0.6) is 0 Å². The first-order chi connectivity index (χ1) is 9.34. The molecule has 1 fully saturated rings. The molecule has 104 valence electrons. The highest BCUT2D eigenvalue weighted by Gasteiger charge is 2.15. The molecular formula is C15H21NO3. The molecule has 1 aliphatic heterocycles. The van der Waals surface area contributed by atoms with E-state index < -0.39 is 6.10 Å². The average Bonchev–Trinajstić information content (AvgIpc) is 2.47. The van der Waals surface area contributed by atoms with Gasteiger partial charge in [0.05, 0.1) is 19.3 Å². The second kappa shape index (κ2) is 8.04. The van der Waals surface area contributed by atoms with Crippen LogP contribution in [0.2, 0.25) is 0 Å².